The maximum atomic E-state index is 11.5. The standard InChI is InChI=1S/C10H11N3O2/c1-2-15-10(14)7-5-13-9-6(8(7)11)3-4-12-9/h3-5H,2H2,1H3,(H3,11,12,13)/p+1. The molecule has 0 unspecified atom stereocenters. The van der Waals surface area contributed by atoms with Gasteiger partial charge in [-0.25, -0.2) is 14.8 Å². The molecule has 4 N–H and O–H groups in total. The Morgan fingerprint density at radius 3 is 3.20 bits per heavy atom. The van der Waals surface area contributed by atoms with Gasteiger partial charge in [-0.3, -0.25) is 0 Å². The second-order valence-corrected chi connectivity index (χ2v) is 3.10. The zero-order valence-electron chi connectivity index (χ0n) is 8.33. The number of aromatic amines is 2. The number of nitrogen functional groups attached to an aromatic ring is 1. The monoisotopic (exact) mass is 206 g/mol. The van der Waals surface area contributed by atoms with Crippen molar-refractivity contribution >= 4 is 22.7 Å². The first kappa shape index (κ1) is 9.51. The number of fused-ring (bicyclic) bond motifs is 1. The van der Waals surface area contributed by atoms with E-state index in [9.17, 15) is 4.79 Å². The molecule has 78 valence electrons. The molecule has 2 rings (SSSR count). The van der Waals surface area contributed by atoms with E-state index in [4.69, 9.17) is 10.5 Å². The molecule has 0 fully saturated rings. The summed E-state index contributed by atoms with van der Waals surface area (Å²) in [6.07, 6.45) is 3.30. The third-order valence-corrected chi connectivity index (χ3v) is 2.18. The van der Waals surface area contributed by atoms with E-state index in [-0.39, 0.29) is 0 Å². The second kappa shape index (κ2) is 3.61. The number of anilines is 1. The molecule has 2 aromatic heterocycles. The first-order valence-electron chi connectivity index (χ1n) is 4.68. The quantitative estimate of drug-likeness (QED) is 0.711. The highest BCUT2D eigenvalue weighted by atomic mass is 16.5. The van der Waals surface area contributed by atoms with Gasteiger partial charge in [0.1, 0.15) is 11.8 Å². The molecule has 5 nitrogen and oxygen atoms in total. The predicted octanol–water partition coefficient (Wildman–Crippen LogP) is 0.741. The van der Waals surface area contributed by atoms with E-state index in [1.165, 1.54) is 0 Å². The largest absolute Gasteiger partial charge is 0.462 e. The van der Waals surface area contributed by atoms with Crippen LogP contribution in [-0.4, -0.2) is 17.6 Å². The summed E-state index contributed by atoms with van der Waals surface area (Å²) in [5.74, 6) is -0.408. The van der Waals surface area contributed by atoms with Crippen LogP contribution in [0.1, 0.15) is 17.3 Å². The van der Waals surface area contributed by atoms with Crippen molar-refractivity contribution in [2.24, 2.45) is 0 Å². The molecule has 0 saturated heterocycles. The number of esters is 1. The van der Waals surface area contributed by atoms with E-state index in [2.05, 4.69) is 9.97 Å². The Labute approximate surface area is 86.3 Å². The third-order valence-electron chi connectivity index (χ3n) is 2.18. The summed E-state index contributed by atoms with van der Waals surface area (Å²) in [7, 11) is 0. The van der Waals surface area contributed by atoms with Crippen molar-refractivity contribution in [2.75, 3.05) is 12.3 Å². The summed E-state index contributed by atoms with van der Waals surface area (Å²) in [6.45, 7) is 2.09. The second-order valence-electron chi connectivity index (χ2n) is 3.10. The molecule has 5 heteroatoms. The van der Waals surface area contributed by atoms with Crippen LogP contribution in [0.3, 0.4) is 0 Å². The van der Waals surface area contributed by atoms with Crippen molar-refractivity contribution in [3.8, 4) is 0 Å². The Balaban J connectivity index is 2.52. The number of aromatic nitrogens is 2. The lowest BCUT2D eigenvalue weighted by Gasteiger charge is -2.03. The molecule has 0 aliphatic heterocycles. The molecule has 0 aromatic carbocycles. The van der Waals surface area contributed by atoms with Gasteiger partial charge < -0.3 is 10.5 Å². The summed E-state index contributed by atoms with van der Waals surface area (Å²) in [4.78, 5) is 17.4. The Kier molecular flexibility index (Phi) is 2.29. The van der Waals surface area contributed by atoms with Gasteiger partial charge in [-0.05, 0) is 13.0 Å². The van der Waals surface area contributed by atoms with Crippen molar-refractivity contribution in [2.45, 2.75) is 6.92 Å². The zero-order valence-corrected chi connectivity index (χ0v) is 8.33. The topological polar surface area (TPSA) is 82.2 Å². The average molecular weight is 206 g/mol. The summed E-state index contributed by atoms with van der Waals surface area (Å²) < 4.78 is 4.89. The minimum atomic E-state index is -0.408. The molecule has 2 heterocycles. The Morgan fingerprint density at radius 2 is 2.47 bits per heavy atom. The lowest BCUT2D eigenvalue weighted by Crippen LogP contribution is -2.14. The fraction of sp³-hybridized carbons (Fsp3) is 0.200. The number of nitrogens with one attached hydrogen (secondary N) is 2. The van der Waals surface area contributed by atoms with Gasteiger partial charge in [0, 0.05) is 0 Å². The molecule has 0 bridgehead atoms. The molecular weight excluding hydrogens is 194 g/mol. The van der Waals surface area contributed by atoms with Gasteiger partial charge in [0.2, 0.25) is 0 Å². The normalized spacial score (nSPS) is 10.5. The lowest BCUT2D eigenvalue weighted by atomic mass is 10.2. The first-order chi connectivity index (χ1) is 7.24. The highest BCUT2D eigenvalue weighted by Gasteiger charge is 2.17. The molecule has 0 atom stereocenters. The maximum Gasteiger partial charge on any atom is 0.343 e. The van der Waals surface area contributed by atoms with Crippen LogP contribution in [0.15, 0.2) is 18.5 Å². The van der Waals surface area contributed by atoms with Crippen molar-refractivity contribution in [3.63, 3.8) is 0 Å². The minimum Gasteiger partial charge on any atom is -0.462 e. The summed E-state index contributed by atoms with van der Waals surface area (Å²) >= 11 is 0. The number of carbonyl (C=O) groups excluding carboxylic acids is 1. The third kappa shape index (κ3) is 1.52. The number of carbonyl (C=O) groups is 1. The van der Waals surface area contributed by atoms with Crippen LogP contribution >= 0.6 is 0 Å². The van der Waals surface area contributed by atoms with Gasteiger partial charge in [0.25, 0.3) is 5.65 Å². The number of H-pyrrole nitrogens is 2. The zero-order chi connectivity index (χ0) is 10.8. The van der Waals surface area contributed by atoms with Crippen LogP contribution in [0.5, 0.6) is 0 Å². The number of nitrogens with two attached hydrogens (primary N) is 1. The molecule has 0 spiro atoms. The van der Waals surface area contributed by atoms with E-state index in [0.29, 0.717) is 17.9 Å². The lowest BCUT2D eigenvalue weighted by molar-refractivity contribution is -0.347. The van der Waals surface area contributed by atoms with Gasteiger partial charge in [-0.1, -0.05) is 0 Å². The molecule has 0 radical (unpaired) electrons. The van der Waals surface area contributed by atoms with E-state index < -0.39 is 5.97 Å². The van der Waals surface area contributed by atoms with E-state index in [0.717, 1.165) is 11.0 Å². The van der Waals surface area contributed by atoms with Crippen molar-refractivity contribution < 1.29 is 14.5 Å². The minimum absolute atomic E-state index is 0.337. The highest BCUT2D eigenvalue weighted by molar-refractivity contribution is 6.02. The highest BCUT2D eigenvalue weighted by Crippen LogP contribution is 2.20. The van der Waals surface area contributed by atoms with Crippen LogP contribution < -0.4 is 10.7 Å². The molecule has 0 aliphatic rings. The first-order valence-corrected chi connectivity index (χ1v) is 4.68. The van der Waals surface area contributed by atoms with Gasteiger partial charge in [-0.15, -0.1) is 0 Å². The van der Waals surface area contributed by atoms with Crippen LogP contribution in [-0.2, 0) is 4.74 Å². The van der Waals surface area contributed by atoms with E-state index >= 15 is 0 Å². The number of pyridine rings is 1. The van der Waals surface area contributed by atoms with E-state index in [1.54, 1.807) is 19.3 Å². The van der Waals surface area contributed by atoms with Crippen molar-refractivity contribution in [1.29, 1.82) is 0 Å². The fourth-order valence-corrected chi connectivity index (χ4v) is 1.46. The smallest absolute Gasteiger partial charge is 0.343 e. The van der Waals surface area contributed by atoms with Crippen molar-refractivity contribution in [3.05, 3.63) is 24.0 Å². The van der Waals surface area contributed by atoms with Crippen LogP contribution in [0.2, 0.25) is 0 Å². The summed E-state index contributed by atoms with van der Waals surface area (Å²) in [5.41, 5.74) is 7.44. The Morgan fingerprint density at radius 1 is 1.67 bits per heavy atom. The van der Waals surface area contributed by atoms with Crippen LogP contribution in [0.25, 0.3) is 11.0 Å². The molecule has 15 heavy (non-hydrogen) atoms. The fourth-order valence-electron chi connectivity index (χ4n) is 1.46. The van der Waals surface area contributed by atoms with Gasteiger partial charge >= 0.3 is 5.97 Å². The predicted molar refractivity (Wildman–Crippen MR) is 55.2 cm³/mol. The Bertz CT molecular complexity index is 504. The van der Waals surface area contributed by atoms with E-state index in [1.807, 2.05) is 6.07 Å². The molecule has 0 amide bonds. The van der Waals surface area contributed by atoms with Gasteiger partial charge in [0.05, 0.1) is 23.9 Å². The molecule has 0 aliphatic carbocycles. The number of hydrogen-bond donors (Lipinski definition) is 2. The number of ether oxygens (including phenoxy) is 1. The summed E-state index contributed by atoms with van der Waals surface area (Å²) in [6, 6.07) is 1.81. The maximum absolute atomic E-state index is 11.5. The van der Waals surface area contributed by atoms with Gasteiger partial charge in [-0.2, -0.15) is 0 Å². The van der Waals surface area contributed by atoms with Crippen molar-refractivity contribution in [1.82, 2.24) is 4.98 Å². The molecular formula is C10H12N3O2+. The van der Waals surface area contributed by atoms with Gasteiger partial charge in [0.15, 0.2) is 0 Å². The average Bonchev–Trinajstić information content (AvgIpc) is 2.67. The van der Waals surface area contributed by atoms with Crippen LogP contribution in [0, 0.1) is 0 Å². The number of hydrogen-bond acceptors (Lipinski definition) is 3. The van der Waals surface area contributed by atoms with Crippen LogP contribution in [0.4, 0.5) is 5.69 Å². The molecule has 2 aromatic rings. The Hall–Kier alpha value is -2.04. The number of rotatable bonds is 2. The SMILES string of the molecule is CCOC(=O)c1c[nH+]c2[nH]ccc2c1N. The molecule has 0 saturated carbocycles. The summed E-state index contributed by atoms with van der Waals surface area (Å²) in [5, 5.41) is 0.792.